The fourth-order valence-electron chi connectivity index (χ4n) is 2.60. The minimum Gasteiger partial charge on any atom is -0.315 e. The molecule has 112 valence electrons. The summed E-state index contributed by atoms with van der Waals surface area (Å²) in [6.07, 6.45) is 0.967. The molecular weight excluding hydrogens is 253 g/mol. The molecule has 1 aromatic rings. The Morgan fingerprint density at radius 1 is 1.15 bits per heavy atom. The minimum atomic E-state index is -0.144. The largest absolute Gasteiger partial charge is 0.315 e. The maximum atomic E-state index is 13.0. The lowest BCUT2D eigenvalue weighted by Gasteiger charge is -2.32. The number of nitrogens with zero attached hydrogens (tertiary/aromatic N) is 2. The van der Waals surface area contributed by atoms with Crippen LogP contribution in [0.4, 0.5) is 4.39 Å². The van der Waals surface area contributed by atoms with E-state index in [0.29, 0.717) is 0 Å². The molecule has 0 saturated carbocycles. The first-order valence-electron chi connectivity index (χ1n) is 7.52. The van der Waals surface area contributed by atoms with Crippen molar-refractivity contribution < 1.29 is 4.39 Å². The van der Waals surface area contributed by atoms with Gasteiger partial charge in [-0.3, -0.25) is 4.90 Å². The summed E-state index contributed by atoms with van der Waals surface area (Å²) in [5.41, 5.74) is 2.28. The predicted molar refractivity (Wildman–Crippen MR) is 81.6 cm³/mol. The molecule has 1 N–H and O–H groups in total. The lowest BCUT2D eigenvalue weighted by atomic mass is 10.1. The van der Waals surface area contributed by atoms with E-state index in [9.17, 15) is 4.39 Å². The number of rotatable bonds is 6. The predicted octanol–water partition coefficient (Wildman–Crippen LogP) is 1.51. The Labute approximate surface area is 121 Å². The highest BCUT2D eigenvalue weighted by atomic mass is 19.1. The number of likely N-dealkylation sites (N-methyl/N-ethyl adjacent to an activating group) is 1. The molecule has 3 nitrogen and oxygen atoms in total. The SMILES string of the molecule is Cc1cc(F)ccc1CCNCCN1CCN(C)CC1. The fourth-order valence-corrected chi connectivity index (χ4v) is 2.60. The number of hydrogen-bond acceptors (Lipinski definition) is 3. The van der Waals surface area contributed by atoms with Crippen LogP contribution in [0.15, 0.2) is 18.2 Å². The second-order valence-corrected chi connectivity index (χ2v) is 5.72. The van der Waals surface area contributed by atoms with Crippen molar-refractivity contribution >= 4 is 0 Å². The molecule has 1 fully saturated rings. The third-order valence-electron chi connectivity index (χ3n) is 4.08. The van der Waals surface area contributed by atoms with E-state index in [2.05, 4.69) is 22.2 Å². The minimum absolute atomic E-state index is 0.144. The van der Waals surface area contributed by atoms with E-state index < -0.39 is 0 Å². The van der Waals surface area contributed by atoms with Gasteiger partial charge in [0.2, 0.25) is 0 Å². The zero-order valence-corrected chi connectivity index (χ0v) is 12.7. The van der Waals surface area contributed by atoms with Crippen LogP contribution in [-0.4, -0.2) is 62.7 Å². The van der Waals surface area contributed by atoms with Gasteiger partial charge in [0.25, 0.3) is 0 Å². The lowest BCUT2D eigenvalue weighted by Crippen LogP contribution is -2.46. The first-order chi connectivity index (χ1) is 9.65. The normalized spacial score (nSPS) is 17.6. The first-order valence-corrected chi connectivity index (χ1v) is 7.52. The molecule has 1 aliphatic heterocycles. The number of halogens is 1. The summed E-state index contributed by atoms with van der Waals surface area (Å²) < 4.78 is 13.0. The van der Waals surface area contributed by atoms with Gasteiger partial charge in [-0.15, -0.1) is 0 Å². The first kappa shape index (κ1) is 15.4. The quantitative estimate of drug-likeness (QED) is 0.797. The molecule has 0 unspecified atom stereocenters. The van der Waals surface area contributed by atoms with E-state index in [0.717, 1.165) is 31.6 Å². The van der Waals surface area contributed by atoms with Crippen molar-refractivity contribution in [3.05, 3.63) is 35.1 Å². The number of hydrogen-bond donors (Lipinski definition) is 1. The number of benzene rings is 1. The molecule has 4 heteroatoms. The van der Waals surface area contributed by atoms with Crippen molar-refractivity contribution in [3.63, 3.8) is 0 Å². The van der Waals surface area contributed by atoms with Crippen LogP contribution >= 0.6 is 0 Å². The van der Waals surface area contributed by atoms with Crippen molar-refractivity contribution in [2.45, 2.75) is 13.3 Å². The van der Waals surface area contributed by atoms with Crippen LogP contribution in [0.3, 0.4) is 0 Å². The average Bonchev–Trinajstić information content (AvgIpc) is 2.42. The van der Waals surface area contributed by atoms with Crippen molar-refractivity contribution in [2.75, 3.05) is 52.9 Å². The highest BCUT2D eigenvalue weighted by Gasteiger charge is 2.12. The summed E-state index contributed by atoms with van der Waals surface area (Å²) in [6, 6.07) is 5.05. The zero-order valence-electron chi connectivity index (χ0n) is 12.7. The molecule has 0 aromatic heterocycles. The van der Waals surface area contributed by atoms with Gasteiger partial charge < -0.3 is 10.2 Å². The Hall–Kier alpha value is -0.970. The number of piperazine rings is 1. The second-order valence-electron chi connectivity index (χ2n) is 5.72. The molecule has 1 heterocycles. The van der Waals surface area contributed by atoms with Crippen LogP contribution in [0.5, 0.6) is 0 Å². The van der Waals surface area contributed by atoms with Crippen LogP contribution in [0.1, 0.15) is 11.1 Å². The summed E-state index contributed by atoms with van der Waals surface area (Å²) in [7, 11) is 2.18. The van der Waals surface area contributed by atoms with Gasteiger partial charge in [-0.25, -0.2) is 4.39 Å². The van der Waals surface area contributed by atoms with E-state index in [4.69, 9.17) is 0 Å². The second kappa shape index (κ2) is 7.72. The number of nitrogens with one attached hydrogen (secondary N) is 1. The van der Waals surface area contributed by atoms with Crippen molar-refractivity contribution in [1.29, 1.82) is 0 Å². The molecule has 0 bridgehead atoms. The Balaban J connectivity index is 1.59. The molecule has 0 atom stereocenters. The van der Waals surface area contributed by atoms with Crippen molar-refractivity contribution in [3.8, 4) is 0 Å². The van der Waals surface area contributed by atoms with Crippen LogP contribution in [0.2, 0.25) is 0 Å². The maximum absolute atomic E-state index is 13.0. The summed E-state index contributed by atoms with van der Waals surface area (Å²) in [5, 5.41) is 3.49. The summed E-state index contributed by atoms with van der Waals surface area (Å²) in [4.78, 5) is 4.89. The molecule has 20 heavy (non-hydrogen) atoms. The van der Waals surface area contributed by atoms with Crippen LogP contribution in [0.25, 0.3) is 0 Å². The van der Waals surface area contributed by atoms with E-state index in [1.165, 1.54) is 31.7 Å². The van der Waals surface area contributed by atoms with Gasteiger partial charge in [0.1, 0.15) is 5.82 Å². The molecule has 1 aliphatic rings. The maximum Gasteiger partial charge on any atom is 0.123 e. The third-order valence-corrected chi connectivity index (χ3v) is 4.08. The Bertz CT molecular complexity index is 414. The van der Waals surface area contributed by atoms with Gasteiger partial charge in [0, 0.05) is 39.3 Å². The Morgan fingerprint density at radius 3 is 2.60 bits per heavy atom. The van der Waals surface area contributed by atoms with Crippen molar-refractivity contribution in [2.24, 2.45) is 0 Å². The summed E-state index contributed by atoms with van der Waals surface area (Å²) in [6.45, 7) is 9.79. The molecule has 1 saturated heterocycles. The molecule has 0 spiro atoms. The number of aryl methyl sites for hydroxylation is 1. The van der Waals surface area contributed by atoms with Crippen LogP contribution in [-0.2, 0) is 6.42 Å². The third kappa shape index (κ3) is 4.85. The van der Waals surface area contributed by atoms with E-state index in [1.807, 2.05) is 13.0 Å². The summed E-state index contributed by atoms with van der Waals surface area (Å²) in [5.74, 6) is -0.144. The lowest BCUT2D eigenvalue weighted by molar-refractivity contribution is 0.155. The molecule has 2 rings (SSSR count). The monoisotopic (exact) mass is 279 g/mol. The fraction of sp³-hybridized carbons (Fsp3) is 0.625. The highest BCUT2D eigenvalue weighted by Crippen LogP contribution is 2.10. The topological polar surface area (TPSA) is 18.5 Å². The molecule has 1 aromatic carbocycles. The van der Waals surface area contributed by atoms with Gasteiger partial charge in [-0.05, 0) is 50.2 Å². The van der Waals surface area contributed by atoms with Crippen LogP contribution in [0, 0.1) is 12.7 Å². The standard InChI is InChI=1S/C16H26FN3/c1-14-13-16(17)4-3-15(14)5-6-18-7-8-20-11-9-19(2)10-12-20/h3-4,13,18H,5-12H2,1-2H3. The Kier molecular flexibility index (Phi) is 5.95. The highest BCUT2D eigenvalue weighted by molar-refractivity contribution is 5.26. The molecule has 0 radical (unpaired) electrons. The van der Waals surface area contributed by atoms with Gasteiger partial charge in [0.05, 0.1) is 0 Å². The Morgan fingerprint density at radius 2 is 1.90 bits per heavy atom. The van der Waals surface area contributed by atoms with E-state index >= 15 is 0 Å². The van der Waals surface area contributed by atoms with Gasteiger partial charge in [0.15, 0.2) is 0 Å². The summed E-state index contributed by atoms with van der Waals surface area (Å²) >= 11 is 0. The van der Waals surface area contributed by atoms with Gasteiger partial charge >= 0.3 is 0 Å². The molecule has 0 amide bonds. The van der Waals surface area contributed by atoms with Crippen LogP contribution < -0.4 is 5.32 Å². The van der Waals surface area contributed by atoms with E-state index in [1.54, 1.807) is 12.1 Å². The smallest absolute Gasteiger partial charge is 0.123 e. The van der Waals surface area contributed by atoms with Gasteiger partial charge in [-0.1, -0.05) is 6.07 Å². The molecule has 0 aliphatic carbocycles. The van der Waals surface area contributed by atoms with E-state index in [-0.39, 0.29) is 5.82 Å². The molecular formula is C16H26FN3. The average molecular weight is 279 g/mol. The van der Waals surface area contributed by atoms with Crippen molar-refractivity contribution in [1.82, 2.24) is 15.1 Å². The zero-order chi connectivity index (χ0) is 14.4. The van der Waals surface area contributed by atoms with Gasteiger partial charge in [-0.2, -0.15) is 0 Å².